The molecule has 1 N–H and O–H groups in total. The first-order chi connectivity index (χ1) is 11.1. The van der Waals surface area contributed by atoms with Crippen LogP contribution in [-0.4, -0.2) is 25.5 Å². The molecule has 0 bridgehead atoms. The Bertz CT molecular complexity index is 901. The SMILES string of the molecule is Cc1c(C(=O)Nc2c(C#N)cnn2C)cnn1-c1ccccc1. The molecular formula is C16H14N6O. The molecule has 2 heterocycles. The number of aromatic nitrogens is 4. The summed E-state index contributed by atoms with van der Waals surface area (Å²) in [6, 6.07) is 11.6. The quantitative estimate of drug-likeness (QED) is 0.802. The summed E-state index contributed by atoms with van der Waals surface area (Å²) in [7, 11) is 1.66. The molecule has 3 rings (SSSR count). The molecule has 0 spiro atoms. The van der Waals surface area contributed by atoms with Crippen molar-refractivity contribution in [3.05, 3.63) is 59.5 Å². The first-order valence-corrected chi connectivity index (χ1v) is 6.95. The van der Waals surface area contributed by atoms with Gasteiger partial charge in [0, 0.05) is 7.05 Å². The Balaban J connectivity index is 1.91. The lowest BCUT2D eigenvalue weighted by atomic mass is 10.2. The Morgan fingerprint density at radius 1 is 1.22 bits per heavy atom. The number of anilines is 1. The molecule has 114 valence electrons. The minimum Gasteiger partial charge on any atom is -0.306 e. The second-order valence-corrected chi connectivity index (χ2v) is 4.99. The summed E-state index contributed by atoms with van der Waals surface area (Å²) in [4.78, 5) is 12.5. The Morgan fingerprint density at radius 3 is 2.65 bits per heavy atom. The lowest BCUT2D eigenvalue weighted by Crippen LogP contribution is -2.16. The van der Waals surface area contributed by atoms with Gasteiger partial charge in [-0.1, -0.05) is 18.2 Å². The standard InChI is InChI=1S/C16H14N6O/c1-11-14(10-19-22(11)13-6-4-3-5-7-13)16(23)20-15-12(8-17)9-18-21(15)2/h3-7,9-10H,1-2H3,(H,20,23). The highest BCUT2D eigenvalue weighted by Crippen LogP contribution is 2.17. The molecule has 0 aliphatic carbocycles. The van der Waals surface area contributed by atoms with E-state index < -0.39 is 0 Å². The van der Waals surface area contributed by atoms with Crippen molar-refractivity contribution >= 4 is 11.7 Å². The van der Waals surface area contributed by atoms with Crippen molar-refractivity contribution in [1.82, 2.24) is 19.6 Å². The predicted molar refractivity (Wildman–Crippen MR) is 84.2 cm³/mol. The third kappa shape index (κ3) is 2.58. The van der Waals surface area contributed by atoms with Crippen LogP contribution >= 0.6 is 0 Å². The molecule has 1 amide bonds. The van der Waals surface area contributed by atoms with E-state index in [0.29, 0.717) is 16.9 Å². The summed E-state index contributed by atoms with van der Waals surface area (Å²) in [5, 5.41) is 20.0. The molecule has 0 fully saturated rings. The van der Waals surface area contributed by atoms with Gasteiger partial charge in [-0.3, -0.25) is 9.48 Å². The molecule has 0 saturated heterocycles. The molecule has 23 heavy (non-hydrogen) atoms. The Kier molecular flexibility index (Phi) is 3.65. The van der Waals surface area contributed by atoms with E-state index in [1.165, 1.54) is 17.1 Å². The predicted octanol–water partition coefficient (Wildman–Crippen LogP) is 2.04. The Morgan fingerprint density at radius 2 is 1.96 bits per heavy atom. The van der Waals surface area contributed by atoms with Crippen LogP contribution in [0, 0.1) is 18.3 Å². The van der Waals surface area contributed by atoms with Gasteiger partial charge in [0.2, 0.25) is 0 Å². The van der Waals surface area contributed by atoms with E-state index >= 15 is 0 Å². The fourth-order valence-corrected chi connectivity index (χ4v) is 2.30. The number of carbonyl (C=O) groups is 1. The number of nitrogens with one attached hydrogen (secondary N) is 1. The Labute approximate surface area is 132 Å². The van der Waals surface area contributed by atoms with Gasteiger partial charge in [0.1, 0.15) is 17.5 Å². The maximum absolute atomic E-state index is 12.5. The molecule has 1 aromatic carbocycles. The highest BCUT2D eigenvalue weighted by molar-refractivity contribution is 6.05. The van der Waals surface area contributed by atoms with Gasteiger partial charge >= 0.3 is 0 Å². The van der Waals surface area contributed by atoms with E-state index in [1.807, 2.05) is 43.3 Å². The molecular weight excluding hydrogens is 292 g/mol. The number of nitriles is 1. The molecule has 7 heteroatoms. The molecule has 0 aliphatic rings. The van der Waals surface area contributed by atoms with Gasteiger partial charge in [-0.15, -0.1) is 0 Å². The van der Waals surface area contributed by atoms with Crippen LogP contribution < -0.4 is 5.32 Å². The van der Waals surface area contributed by atoms with Crippen molar-refractivity contribution in [3.63, 3.8) is 0 Å². The molecule has 0 unspecified atom stereocenters. The minimum atomic E-state index is -0.329. The first-order valence-electron chi connectivity index (χ1n) is 6.95. The van der Waals surface area contributed by atoms with Crippen molar-refractivity contribution in [2.45, 2.75) is 6.92 Å². The topological polar surface area (TPSA) is 88.5 Å². The fraction of sp³-hybridized carbons (Fsp3) is 0.125. The van der Waals surface area contributed by atoms with Crippen molar-refractivity contribution in [1.29, 1.82) is 5.26 Å². The summed E-state index contributed by atoms with van der Waals surface area (Å²) in [6.45, 7) is 1.82. The third-order valence-corrected chi connectivity index (χ3v) is 3.55. The number of aryl methyl sites for hydroxylation is 1. The lowest BCUT2D eigenvalue weighted by Gasteiger charge is -2.07. The van der Waals surface area contributed by atoms with E-state index in [-0.39, 0.29) is 5.91 Å². The second-order valence-electron chi connectivity index (χ2n) is 4.99. The summed E-state index contributed by atoms with van der Waals surface area (Å²) in [5.41, 5.74) is 2.35. The highest BCUT2D eigenvalue weighted by atomic mass is 16.1. The second kappa shape index (κ2) is 5.77. The van der Waals surface area contributed by atoms with Gasteiger partial charge < -0.3 is 5.32 Å². The van der Waals surface area contributed by atoms with Crippen molar-refractivity contribution in [2.24, 2.45) is 7.05 Å². The van der Waals surface area contributed by atoms with Crippen molar-refractivity contribution in [3.8, 4) is 11.8 Å². The number of nitrogens with zero attached hydrogens (tertiary/aromatic N) is 5. The lowest BCUT2D eigenvalue weighted by molar-refractivity contribution is 0.102. The number of carbonyl (C=O) groups excluding carboxylic acids is 1. The molecule has 3 aromatic rings. The average molecular weight is 306 g/mol. The molecule has 7 nitrogen and oxygen atoms in total. The van der Waals surface area contributed by atoms with Gasteiger partial charge in [-0.2, -0.15) is 15.5 Å². The van der Waals surface area contributed by atoms with Crippen molar-refractivity contribution < 1.29 is 4.79 Å². The van der Waals surface area contributed by atoms with Gasteiger partial charge in [0.05, 0.1) is 29.3 Å². The molecule has 0 atom stereocenters. The van der Waals surface area contributed by atoms with Gasteiger partial charge in [0.25, 0.3) is 5.91 Å². The number of hydrogen-bond donors (Lipinski definition) is 1. The zero-order valence-electron chi connectivity index (χ0n) is 12.7. The van der Waals surface area contributed by atoms with Gasteiger partial charge in [-0.05, 0) is 19.1 Å². The smallest absolute Gasteiger partial charge is 0.260 e. The molecule has 2 aromatic heterocycles. The zero-order valence-corrected chi connectivity index (χ0v) is 12.7. The first kappa shape index (κ1) is 14.5. The maximum Gasteiger partial charge on any atom is 0.260 e. The van der Waals surface area contributed by atoms with Crippen LogP contribution in [0.5, 0.6) is 0 Å². The van der Waals surface area contributed by atoms with E-state index in [4.69, 9.17) is 5.26 Å². The molecule has 0 aliphatic heterocycles. The number of hydrogen-bond acceptors (Lipinski definition) is 4. The summed E-state index contributed by atoms with van der Waals surface area (Å²) in [5.74, 6) is 0.0362. The largest absolute Gasteiger partial charge is 0.306 e. The van der Waals surface area contributed by atoms with Crippen LogP contribution in [0.3, 0.4) is 0 Å². The van der Waals surface area contributed by atoms with Gasteiger partial charge in [-0.25, -0.2) is 4.68 Å². The van der Waals surface area contributed by atoms with E-state index in [9.17, 15) is 4.79 Å². The van der Waals surface area contributed by atoms with Crippen LogP contribution in [0.1, 0.15) is 21.6 Å². The fourth-order valence-electron chi connectivity index (χ4n) is 2.30. The normalized spacial score (nSPS) is 10.3. The maximum atomic E-state index is 12.5. The monoisotopic (exact) mass is 306 g/mol. The molecule has 0 saturated carbocycles. The summed E-state index contributed by atoms with van der Waals surface area (Å²) >= 11 is 0. The Hall–Kier alpha value is -3.40. The highest BCUT2D eigenvalue weighted by Gasteiger charge is 2.18. The van der Waals surface area contributed by atoms with Crippen LogP contribution in [0.25, 0.3) is 5.69 Å². The van der Waals surface area contributed by atoms with Gasteiger partial charge in [0.15, 0.2) is 0 Å². The number of benzene rings is 1. The number of amides is 1. The van der Waals surface area contributed by atoms with Crippen LogP contribution in [0.15, 0.2) is 42.7 Å². The summed E-state index contributed by atoms with van der Waals surface area (Å²) in [6.07, 6.45) is 2.93. The van der Waals surface area contributed by atoms with Crippen LogP contribution in [0.2, 0.25) is 0 Å². The van der Waals surface area contributed by atoms with Crippen molar-refractivity contribution in [2.75, 3.05) is 5.32 Å². The zero-order chi connectivity index (χ0) is 16.4. The number of rotatable bonds is 3. The van der Waals surface area contributed by atoms with E-state index in [0.717, 1.165) is 11.4 Å². The van der Waals surface area contributed by atoms with Crippen LogP contribution in [-0.2, 0) is 7.05 Å². The molecule has 0 radical (unpaired) electrons. The minimum absolute atomic E-state index is 0.314. The third-order valence-electron chi connectivity index (χ3n) is 3.55. The van der Waals surface area contributed by atoms with E-state index in [2.05, 4.69) is 15.5 Å². The van der Waals surface area contributed by atoms with Crippen LogP contribution in [0.4, 0.5) is 5.82 Å². The summed E-state index contributed by atoms with van der Waals surface area (Å²) < 4.78 is 3.15. The average Bonchev–Trinajstić information content (AvgIpc) is 3.12. The van der Waals surface area contributed by atoms with E-state index in [1.54, 1.807) is 11.7 Å². The number of para-hydroxylation sites is 1.